The third-order valence-electron chi connectivity index (χ3n) is 4.08. The van der Waals surface area contributed by atoms with Crippen molar-refractivity contribution in [3.05, 3.63) is 69.2 Å². The van der Waals surface area contributed by atoms with Crippen LogP contribution in [-0.4, -0.2) is 6.54 Å². The van der Waals surface area contributed by atoms with E-state index in [0.29, 0.717) is 16.0 Å². The third-order valence-corrected chi connectivity index (χ3v) is 4.81. The van der Waals surface area contributed by atoms with E-state index in [4.69, 9.17) is 23.2 Å². The Morgan fingerprint density at radius 3 is 2.70 bits per heavy atom. The topological polar surface area (TPSA) is 12.0 Å². The first-order valence-electron chi connectivity index (χ1n) is 6.91. The van der Waals surface area contributed by atoms with E-state index >= 15 is 0 Å². The summed E-state index contributed by atoms with van der Waals surface area (Å²) < 4.78 is 0. The molecule has 0 bridgehead atoms. The fourth-order valence-corrected chi connectivity index (χ4v) is 3.07. The Balaban J connectivity index is 1.60. The molecule has 0 aliphatic heterocycles. The number of rotatable bonds is 4. The number of fused-ring (bicyclic) bond motifs is 1. The lowest BCUT2D eigenvalue weighted by Gasteiger charge is -2.31. The highest BCUT2D eigenvalue weighted by Crippen LogP contribution is 2.34. The van der Waals surface area contributed by atoms with Gasteiger partial charge in [0, 0.05) is 18.5 Å². The maximum Gasteiger partial charge on any atom is 0.0595 e. The lowest BCUT2D eigenvalue weighted by molar-refractivity contribution is 0.489. The summed E-state index contributed by atoms with van der Waals surface area (Å²) in [7, 11) is 0. The maximum absolute atomic E-state index is 6.07. The predicted octanol–water partition coefficient (Wildman–Crippen LogP) is 4.98. The number of hydrogen-bond donors (Lipinski definition) is 1. The lowest BCUT2D eigenvalue weighted by Crippen LogP contribution is -2.30. The Hall–Kier alpha value is -1.02. The quantitative estimate of drug-likeness (QED) is 0.839. The molecule has 2 unspecified atom stereocenters. The Bertz CT molecular complexity index is 624. The molecule has 1 aliphatic rings. The summed E-state index contributed by atoms with van der Waals surface area (Å²) in [6, 6.07) is 14.8. The smallest absolute Gasteiger partial charge is 0.0595 e. The largest absolute Gasteiger partial charge is 0.310 e. The minimum absolute atomic E-state index is 0.275. The minimum Gasteiger partial charge on any atom is -0.310 e. The number of benzene rings is 2. The second-order valence-electron chi connectivity index (χ2n) is 5.40. The zero-order valence-electron chi connectivity index (χ0n) is 11.4. The number of hydrogen-bond acceptors (Lipinski definition) is 1. The molecular weight excluding hydrogens is 289 g/mol. The van der Waals surface area contributed by atoms with Gasteiger partial charge in [-0.25, -0.2) is 0 Å². The van der Waals surface area contributed by atoms with E-state index < -0.39 is 0 Å². The molecule has 0 spiro atoms. The van der Waals surface area contributed by atoms with E-state index in [1.165, 1.54) is 23.1 Å². The van der Waals surface area contributed by atoms with Crippen LogP contribution in [0.5, 0.6) is 0 Å². The molecule has 2 aromatic carbocycles. The van der Waals surface area contributed by atoms with E-state index in [-0.39, 0.29) is 6.04 Å². The number of nitrogens with one attached hydrogen (secondary N) is 1. The van der Waals surface area contributed by atoms with Gasteiger partial charge >= 0.3 is 0 Å². The molecule has 2 atom stereocenters. The van der Waals surface area contributed by atoms with Crippen molar-refractivity contribution in [1.82, 2.24) is 5.32 Å². The molecule has 1 N–H and O–H groups in total. The fourth-order valence-electron chi connectivity index (χ4n) is 2.76. The van der Waals surface area contributed by atoms with Gasteiger partial charge in [-0.05, 0) is 42.2 Å². The summed E-state index contributed by atoms with van der Waals surface area (Å²) in [5.41, 5.74) is 4.15. The maximum atomic E-state index is 6.07. The van der Waals surface area contributed by atoms with Crippen molar-refractivity contribution in [3.63, 3.8) is 0 Å². The van der Waals surface area contributed by atoms with Crippen LogP contribution in [0.3, 0.4) is 0 Å². The van der Waals surface area contributed by atoms with Gasteiger partial charge in [-0.1, -0.05) is 53.5 Å². The highest BCUT2D eigenvalue weighted by Gasteiger charge is 2.25. The summed E-state index contributed by atoms with van der Waals surface area (Å²) in [6.07, 6.45) is 1.18. The van der Waals surface area contributed by atoms with Crippen LogP contribution in [0.4, 0.5) is 0 Å². The molecule has 104 valence electrons. The van der Waals surface area contributed by atoms with Gasteiger partial charge in [0.15, 0.2) is 0 Å². The van der Waals surface area contributed by atoms with E-state index in [1.807, 2.05) is 18.2 Å². The molecule has 0 amide bonds. The summed E-state index contributed by atoms with van der Waals surface area (Å²) in [6.45, 7) is 3.16. The van der Waals surface area contributed by atoms with Crippen LogP contribution in [-0.2, 0) is 6.42 Å². The van der Waals surface area contributed by atoms with E-state index in [9.17, 15) is 0 Å². The van der Waals surface area contributed by atoms with Gasteiger partial charge in [-0.2, -0.15) is 0 Å². The first-order valence-corrected chi connectivity index (χ1v) is 7.67. The zero-order valence-corrected chi connectivity index (χ0v) is 12.9. The standard InChI is InChI=1S/C17H17Cl2N/c1-11(12-6-7-16(18)17(19)9-12)20-10-14-8-13-4-2-3-5-15(13)14/h2-7,9,11,14,20H,8,10H2,1H3. The van der Waals surface area contributed by atoms with Crippen molar-refractivity contribution < 1.29 is 0 Å². The van der Waals surface area contributed by atoms with Crippen LogP contribution in [0, 0.1) is 0 Å². The minimum atomic E-state index is 0.275. The van der Waals surface area contributed by atoms with Gasteiger partial charge in [0.25, 0.3) is 0 Å². The molecule has 0 aromatic heterocycles. The SMILES string of the molecule is CC(NCC1Cc2ccccc21)c1ccc(Cl)c(Cl)c1. The third kappa shape index (κ3) is 2.71. The summed E-state index contributed by atoms with van der Waals surface area (Å²) >= 11 is 12.0. The Morgan fingerprint density at radius 2 is 1.95 bits per heavy atom. The monoisotopic (exact) mass is 305 g/mol. The molecule has 0 fully saturated rings. The van der Waals surface area contributed by atoms with Gasteiger partial charge in [0.05, 0.1) is 10.0 Å². The van der Waals surface area contributed by atoms with E-state index in [2.05, 4.69) is 36.5 Å². The second kappa shape index (κ2) is 5.77. The van der Waals surface area contributed by atoms with Gasteiger partial charge in [-0.15, -0.1) is 0 Å². The van der Waals surface area contributed by atoms with Crippen LogP contribution in [0.2, 0.25) is 10.0 Å². The molecule has 0 radical (unpaired) electrons. The first-order chi connectivity index (χ1) is 9.65. The van der Waals surface area contributed by atoms with Crippen LogP contribution < -0.4 is 5.32 Å². The van der Waals surface area contributed by atoms with Crippen LogP contribution >= 0.6 is 23.2 Å². The molecule has 1 nitrogen and oxygen atoms in total. The van der Waals surface area contributed by atoms with Crippen molar-refractivity contribution in [3.8, 4) is 0 Å². The molecule has 1 aliphatic carbocycles. The number of halogens is 2. The van der Waals surface area contributed by atoms with Gasteiger partial charge in [0.2, 0.25) is 0 Å². The van der Waals surface area contributed by atoms with Gasteiger partial charge in [-0.3, -0.25) is 0 Å². The zero-order chi connectivity index (χ0) is 14.1. The summed E-state index contributed by atoms with van der Waals surface area (Å²) in [5.74, 6) is 0.636. The van der Waals surface area contributed by atoms with Crippen LogP contribution in [0.25, 0.3) is 0 Å². The van der Waals surface area contributed by atoms with Crippen molar-refractivity contribution in [2.45, 2.75) is 25.3 Å². The van der Waals surface area contributed by atoms with E-state index in [0.717, 1.165) is 6.54 Å². The van der Waals surface area contributed by atoms with Crippen LogP contribution in [0.1, 0.15) is 35.6 Å². The van der Waals surface area contributed by atoms with E-state index in [1.54, 1.807) is 0 Å². The molecule has 0 saturated carbocycles. The van der Waals surface area contributed by atoms with Crippen molar-refractivity contribution in [1.29, 1.82) is 0 Å². The van der Waals surface area contributed by atoms with Gasteiger partial charge < -0.3 is 5.32 Å². The highest BCUT2D eigenvalue weighted by molar-refractivity contribution is 6.42. The molecule has 0 saturated heterocycles. The Kier molecular flexibility index (Phi) is 4.02. The van der Waals surface area contributed by atoms with Gasteiger partial charge in [0.1, 0.15) is 0 Å². The average Bonchev–Trinajstić information content (AvgIpc) is 2.42. The molecular formula is C17H17Cl2N. The molecule has 20 heavy (non-hydrogen) atoms. The van der Waals surface area contributed by atoms with Crippen molar-refractivity contribution in [2.24, 2.45) is 0 Å². The summed E-state index contributed by atoms with van der Waals surface area (Å²) in [5, 5.41) is 4.81. The lowest BCUT2D eigenvalue weighted by atomic mass is 9.77. The molecule has 0 heterocycles. The molecule has 3 rings (SSSR count). The summed E-state index contributed by atoms with van der Waals surface area (Å²) in [4.78, 5) is 0. The Labute approximate surface area is 129 Å². The Morgan fingerprint density at radius 1 is 1.15 bits per heavy atom. The average molecular weight is 306 g/mol. The fraction of sp³-hybridized carbons (Fsp3) is 0.294. The second-order valence-corrected chi connectivity index (χ2v) is 6.22. The predicted molar refractivity (Wildman–Crippen MR) is 85.8 cm³/mol. The van der Waals surface area contributed by atoms with Crippen molar-refractivity contribution >= 4 is 23.2 Å². The van der Waals surface area contributed by atoms with Crippen LogP contribution in [0.15, 0.2) is 42.5 Å². The first kappa shape index (κ1) is 13.9. The normalized spacial score (nSPS) is 18.2. The molecule has 2 aromatic rings. The van der Waals surface area contributed by atoms with Crippen molar-refractivity contribution in [2.75, 3.05) is 6.54 Å². The molecule has 3 heteroatoms. The highest BCUT2D eigenvalue weighted by atomic mass is 35.5.